The van der Waals surface area contributed by atoms with Gasteiger partial charge >= 0.3 is 0 Å². The number of hydrogen-bond donors (Lipinski definition) is 0. The van der Waals surface area contributed by atoms with Gasteiger partial charge in [0.25, 0.3) is 0 Å². The fraction of sp³-hybridized carbons (Fsp3) is 0.500. The molecule has 0 aliphatic carbocycles. The first-order valence-corrected chi connectivity index (χ1v) is 2.49. The van der Waals surface area contributed by atoms with E-state index in [0.717, 1.165) is 6.42 Å². The topological polar surface area (TPSA) is 12.4 Å². The van der Waals surface area contributed by atoms with Crippen molar-refractivity contribution in [2.45, 2.75) is 13.3 Å². The van der Waals surface area contributed by atoms with Gasteiger partial charge in [-0.1, -0.05) is 13.0 Å². The average molecular weight is 97.2 g/mol. The molecular formula is C6H11N. The van der Waals surface area contributed by atoms with Gasteiger partial charge in [-0.3, -0.25) is 4.99 Å². The lowest BCUT2D eigenvalue weighted by atomic mass is 10.4. The Hall–Kier alpha value is -0.590. The standard InChI is InChI=1S/C6H11N/c1-3-4-5-6-7-2/h4-6H,3H2,1-2H3/b5-4+,7-6?. The van der Waals surface area contributed by atoms with E-state index in [1.54, 1.807) is 13.3 Å². The van der Waals surface area contributed by atoms with Gasteiger partial charge in [0.1, 0.15) is 0 Å². The van der Waals surface area contributed by atoms with E-state index in [-0.39, 0.29) is 0 Å². The fourth-order valence-corrected chi connectivity index (χ4v) is 0.283. The minimum absolute atomic E-state index is 1.09. The van der Waals surface area contributed by atoms with Crippen molar-refractivity contribution >= 4 is 6.21 Å². The van der Waals surface area contributed by atoms with Gasteiger partial charge in [0.15, 0.2) is 0 Å². The summed E-state index contributed by atoms with van der Waals surface area (Å²) in [5, 5.41) is 0. The Balaban J connectivity index is 3.09. The molecule has 0 bridgehead atoms. The van der Waals surface area contributed by atoms with E-state index in [4.69, 9.17) is 0 Å². The normalized spacial score (nSPS) is 11.7. The van der Waals surface area contributed by atoms with Gasteiger partial charge < -0.3 is 0 Å². The molecule has 0 aliphatic heterocycles. The highest BCUT2D eigenvalue weighted by Gasteiger charge is 1.58. The molecule has 0 N–H and O–H groups in total. The molecule has 0 fully saturated rings. The Morgan fingerprint density at radius 1 is 1.57 bits per heavy atom. The Bertz CT molecular complexity index is 72.2. The minimum atomic E-state index is 1.09. The van der Waals surface area contributed by atoms with E-state index in [1.165, 1.54) is 0 Å². The number of aliphatic imine (C=N–C) groups is 1. The van der Waals surface area contributed by atoms with Crippen LogP contribution in [0.25, 0.3) is 0 Å². The van der Waals surface area contributed by atoms with E-state index in [9.17, 15) is 0 Å². The third-order valence-corrected chi connectivity index (χ3v) is 0.607. The van der Waals surface area contributed by atoms with Crippen molar-refractivity contribution in [3.63, 3.8) is 0 Å². The molecule has 0 spiro atoms. The van der Waals surface area contributed by atoms with Crippen molar-refractivity contribution in [1.82, 2.24) is 0 Å². The number of allylic oxidation sites excluding steroid dienone is 2. The molecule has 1 heteroatoms. The highest BCUT2D eigenvalue weighted by Crippen LogP contribution is 1.74. The molecule has 1 nitrogen and oxygen atoms in total. The largest absolute Gasteiger partial charge is 0.297 e. The van der Waals surface area contributed by atoms with E-state index >= 15 is 0 Å². The molecule has 0 saturated carbocycles. The second-order valence-corrected chi connectivity index (χ2v) is 1.24. The monoisotopic (exact) mass is 97.1 g/mol. The lowest BCUT2D eigenvalue weighted by molar-refractivity contribution is 1.23. The third kappa shape index (κ3) is 5.41. The van der Waals surface area contributed by atoms with Crippen LogP contribution in [0.4, 0.5) is 0 Å². The summed E-state index contributed by atoms with van der Waals surface area (Å²) >= 11 is 0. The summed E-state index contributed by atoms with van der Waals surface area (Å²) in [5.41, 5.74) is 0. The average Bonchev–Trinajstić information content (AvgIpc) is 1.69. The zero-order valence-corrected chi connectivity index (χ0v) is 4.89. The first-order chi connectivity index (χ1) is 3.41. The molecule has 7 heavy (non-hydrogen) atoms. The second kappa shape index (κ2) is 5.41. The molecule has 0 atom stereocenters. The molecule has 0 aromatic heterocycles. The lowest BCUT2D eigenvalue weighted by Crippen LogP contribution is -1.59. The number of nitrogens with zero attached hydrogens (tertiary/aromatic N) is 1. The molecular weight excluding hydrogens is 86.1 g/mol. The summed E-state index contributed by atoms with van der Waals surface area (Å²) in [5.74, 6) is 0. The van der Waals surface area contributed by atoms with Gasteiger partial charge in [0, 0.05) is 13.3 Å². The molecule has 0 saturated heterocycles. The maximum atomic E-state index is 3.76. The van der Waals surface area contributed by atoms with Gasteiger partial charge in [-0.2, -0.15) is 0 Å². The van der Waals surface area contributed by atoms with Crippen molar-refractivity contribution in [2.75, 3.05) is 7.05 Å². The molecule has 0 rings (SSSR count). The second-order valence-electron chi connectivity index (χ2n) is 1.24. The number of hydrogen-bond acceptors (Lipinski definition) is 1. The van der Waals surface area contributed by atoms with Gasteiger partial charge in [-0.05, 0) is 12.5 Å². The van der Waals surface area contributed by atoms with Crippen LogP contribution in [0.2, 0.25) is 0 Å². The van der Waals surface area contributed by atoms with Crippen molar-refractivity contribution in [2.24, 2.45) is 4.99 Å². The minimum Gasteiger partial charge on any atom is -0.297 e. The highest BCUT2D eigenvalue weighted by molar-refractivity contribution is 5.70. The maximum Gasteiger partial charge on any atom is 0.0277 e. The molecule has 0 heterocycles. The van der Waals surface area contributed by atoms with Gasteiger partial charge in [0.2, 0.25) is 0 Å². The van der Waals surface area contributed by atoms with E-state index in [0.29, 0.717) is 0 Å². The van der Waals surface area contributed by atoms with Crippen molar-refractivity contribution < 1.29 is 0 Å². The van der Waals surface area contributed by atoms with E-state index in [2.05, 4.69) is 18.0 Å². The smallest absolute Gasteiger partial charge is 0.0277 e. The van der Waals surface area contributed by atoms with Crippen molar-refractivity contribution in [3.05, 3.63) is 12.2 Å². The molecule has 40 valence electrons. The highest BCUT2D eigenvalue weighted by atomic mass is 14.6. The SMILES string of the molecule is CC/C=C/C=NC. The Kier molecular flexibility index (Phi) is 4.95. The molecule has 0 amide bonds. The predicted octanol–water partition coefficient (Wildman–Crippen LogP) is 1.65. The summed E-state index contributed by atoms with van der Waals surface area (Å²) in [6.07, 6.45) is 6.88. The Morgan fingerprint density at radius 2 is 2.29 bits per heavy atom. The van der Waals surface area contributed by atoms with Crippen molar-refractivity contribution in [3.8, 4) is 0 Å². The summed E-state index contributed by atoms with van der Waals surface area (Å²) in [7, 11) is 1.76. The summed E-state index contributed by atoms with van der Waals surface area (Å²) < 4.78 is 0. The molecule has 0 aromatic carbocycles. The van der Waals surface area contributed by atoms with Gasteiger partial charge in [0.05, 0.1) is 0 Å². The van der Waals surface area contributed by atoms with Crippen molar-refractivity contribution in [1.29, 1.82) is 0 Å². The van der Waals surface area contributed by atoms with Gasteiger partial charge in [-0.15, -0.1) is 0 Å². The molecule has 0 radical (unpaired) electrons. The maximum absolute atomic E-state index is 3.76. The van der Waals surface area contributed by atoms with Crippen LogP contribution < -0.4 is 0 Å². The van der Waals surface area contributed by atoms with Crippen LogP contribution in [0, 0.1) is 0 Å². The van der Waals surface area contributed by atoms with Crippen LogP contribution in [-0.2, 0) is 0 Å². The Labute approximate surface area is 44.8 Å². The van der Waals surface area contributed by atoms with E-state index in [1.807, 2.05) is 6.08 Å². The van der Waals surface area contributed by atoms with E-state index < -0.39 is 0 Å². The molecule has 0 unspecified atom stereocenters. The number of rotatable bonds is 2. The molecule has 0 aliphatic rings. The zero-order valence-electron chi connectivity index (χ0n) is 4.89. The van der Waals surface area contributed by atoms with Crippen LogP contribution in [0.15, 0.2) is 17.1 Å². The first-order valence-electron chi connectivity index (χ1n) is 2.49. The van der Waals surface area contributed by atoms with Crippen LogP contribution in [0.1, 0.15) is 13.3 Å². The van der Waals surface area contributed by atoms with Crippen LogP contribution >= 0.6 is 0 Å². The lowest BCUT2D eigenvalue weighted by Gasteiger charge is -1.70. The van der Waals surface area contributed by atoms with Crippen LogP contribution in [0.5, 0.6) is 0 Å². The summed E-state index contributed by atoms with van der Waals surface area (Å²) in [6, 6.07) is 0. The van der Waals surface area contributed by atoms with Crippen LogP contribution in [0.3, 0.4) is 0 Å². The predicted molar refractivity (Wildman–Crippen MR) is 33.8 cm³/mol. The Morgan fingerprint density at radius 3 is 2.71 bits per heavy atom. The van der Waals surface area contributed by atoms with Crippen LogP contribution in [-0.4, -0.2) is 13.3 Å². The van der Waals surface area contributed by atoms with Gasteiger partial charge in [-0.25, -0.2) is 0 Å². The zero-order chi connectivity index (χ0) is 5.54. The molecule has 0 aromatic rings. The fourth-order valence-electron chi connectivity index (χ4n) is 0.283. The quantitative estimate of drug-likeness (QED) is 0.464. The summed E-state index contributed by atoms with van der Waals surface area (Å²) in [6.45, 7) is 2.10. The third-order valence-electron chi connectivity index (χ3n) is 0.607. The summed E-state index contributed by atoms with van der Waals surface area (Å²) in [4.78, 5) is 3.76. The first kappa shape index (κ1) is 6.41.